The molecule has 5 nitrogen and oxygen atoms in total. The van der Waals surface area contributed by atoms with Gasteiger partial charge in [0.15, 0.2) is 0 Å². The van der Waals surface area contributed by atoms with Crippen LogP contribution in [0.4, 0.5) is 10.1 Å². The van der Waals surface area contributed by atoms with Gasteiger partial charge in [0.2, 0.25) is 10.0 Å². The molecule has 114 valence electrons. The Morgan fingerprint density at radius 3 is 2.64 bits per heavy atom. The maximum atomic E-state index is 12.8. The summed E-state index contributed by atoms with van der Waals surface area (Å²) in [7, 11) is -1.70. The van der Waals surface area contributed by atoms with Gasteiger partial charge in [0.25, 0.3) is 0 Å². The zero-order chi connectivity index (χ0) is 15.7. The van der Waals surface area contributed by atoms with Crippen molar-refractivity contribution in [2.75, 3.05) is 4.72 Å². The molecule has 1 N–H and O–H groups in total. The first-order chi connectivity index (χ1) is 10.4. The largest absolute Gasteiger partial charge is 0.334 e. The van der Waals surface area contributed by atoms with E-state index < -0.39 is 15.8 Å². The van der Waals surface area contributed by atoms with Crippen molar-refractivity contribution in [2.24, 2.45) is 7.05 Å². The molecule has 0 atom stereocenters. The number of sulfonamides is 1. The molecule has 2 aromatic carbocycles. The zero-order valence-corrected chi connectivity index (χ0v) is 12.6. The smallest absolute Gasteiger partial charge is 0.236 e. The monoisotopic (exact) mass is 319 g/mol. The summed E-state index contributed by atoms with van der Waals surface area (Å²) in [6.45, 7) is 0. The second kappa shape index (κ2) is 5.42. The van der Waals surface area contributed by atoms with E-state index in [1.54, 1.807) is 24.5 Å². The minimum Gasteiger partial charge on any atom is -0.334 e. The Kier molecular flexibility index (Phi) is 3.58. The molecular weight excluding hydrogens is 305 g/mol. The van der Waals surface area contributed by atoms with Gasteiger partial charge in [-0.15, -0.1) is 0 Å². The average molecular weight is 319 g/mol. The molecule has 22 heavy (non-hydrogen) atoms. The van der Waals surface area contributed by atoms with Gasteiger partial charge in [0, 0.05) is 7.05 Å². The second-order valence-corrected chi connectivity index (χ2v) is 6.77. The molecule has 7 heteroatoms. The molecule has 0 radical (unpaired) electrons. The van der Waals surface area contributed by atoms with Crippen LogP contribution < -0.4 is 4.72 Å². The lowest BCUT2D eigenvalue weighted by Gasteiger charge is -2.08. The minimum absolute atomic E-state index is 0.215. The second-order valence-electron chi connectivity index (χ2n) is 5.05. The average Bonchev–Trinajstić information content (AvgIpc) is 2.82. The van der Waals surface area contributed by atoms with E-state index in [1.165, 1.54) is 24.3 Å². The Morgan fingerprint density at radius 2 is 1.91 bits per heavy atom. The summed E-state index contributed by atoms with van der Waals surface area (Å²) in [5.41, 5.74) is 2.60. The first-order valence-electron chi connectivity index (χ1n) is 6.59. The SMILES string of the molecule is Cn1cnc2cc(NS(=O)(=O)Cc3ccc(F)cc3)ccc21. The van der Waals surface area contributed by atoms with Crippen LogP contribution in [0.1, 0.15) is 5.56 Å². The van der Waals surface area contributed by atoms with Crippen LogP contribution in [0.15, 0.2) is 48.8 Å². The number of aryl methyl sites for hydroxylation is 1. The van der Waals surface area contributed by atoms with Gasteiger partial charge in [-0.3, -0.25) is 4.72 Å². The molecule has 0 spiro atoms. The molecule has 0 aliphatic heterocycles. The number of aromatic nitrogens is 2. The Morgan fingerprint density at radius 1 is 1.18 bits per heavy atom. The highest BCUT2D eigenvalue weighted by Crippen LogP contribution is 2.19. The van der Waals surface area contributed by atoms with E-state index in [1.807, 2.05) is 11.6 Å². The normalized spacial score (nSPS) is 11.7. The molecule has 0 aliphatic carbocycles. The van der Waals surface area contributed by atoms with Crippen molar-refractivity contribution in [3.05, 3.63) is 60.2 Å². The quantitative estimate of drug-likeness (QED) is 0.804. The highest BCUT2D eigenvalue weighted by Gasteiger charge is 2.12. The van der Waals surface area contributed by atoms with Crippen LogP contribution in [-0.4, -0.2) is 18.0 Å². The van der Waals surface area contributed by atoms with E-state index in [4.69, 9.17) is 0 Å². The highest BCUT2D eigenvalue weighted by molar-refractivity contribution is 7.91. The van der Waals surface area contributed by atoms with Crippen molar-refractivity contribution < 1.29 is 12.8 Å². The Labute approximate surface area is 127 Å². The predicted octanol–water partition coefficient (Wildman–Crippen LogP) is 2.65. The third kappa shape index (κ3) is 3.09. The Bertz CT molecular complexity index is 918. The first kappa shape index (κ1) is 14.5. The first-order valence-corrected chi connectivity index (χ1v) is 8.24. The maximum Gasteiger partial charge on any atom is 0.236 e. The minimum atomic E-state index is -3.57. The summed E-state index contributed by atoms with van der Waals surface area (Å²) in [5, 5.41) is 0. The van der Waals surface area contributed by atoms with E-state index in [2.05, 4.69) is 9.71 Å². The number of halogens is 1. The number of hydrogen-bond donors (Lipinski definition) is 1. The third-order valence-corrected chi connectivity index (χ3v) is 4.53. The fourth-order valence-electron chi connectivity index (χ4n) is 2.22. The van der Waals surface area contributed by atoms with E-state index >= 15 is 0 Å². The van der Waals surface area contributed by atoms with Crippen LogP contribution in [0.2, 0.25) is 0 Å². The van der Waals surface area contributed by atoms with Gasteiger partial charge in [-0.05, 0) is 35.9 Å². The van der Waals surface area contributed by atoms with Gasteiger partial charge in [0.1, 0.15) is 5.82 Å². The fraction of sp³-hybridized carbons (Fsp3) is 0.133. The number of rotatable bonds is 4. The van der Waals surface area contributed by atoms with Crippen molar-refractivity contribution in [1.29, 1.82) is 0 Å². The number of benzene rings is 2. The number of hydrogen-bond acceptors (Lipinski definition) is 3. The summed E-state index contributed by atoms with van der Waals surface area (Å²) >= 11 is 0. The molecular formula is C15H14FN3O2S. The van der Waals surface area contributed by atoms with Crippen molar-refractivity contribution in [2.45, 2.75) is 5.75 Å². The molecule has 3 aromatic rings. The van der Waals surface area contributed by atoms with Crippen LogP contribution in [0.25, 0.3) is 11.0 Å². The molecule has 0 saturated carbocycles. The van der Waals surface area contributed by atoms with E-state index in [0.29, 0.717) is 16.8 Å². The number of fused-ring (bicyclic) bond motifs is 1. The van der Waals surface area contributed by atoms with Gasteiger partial charge < -0.3 is 4.57 Å². The van der Waals surface area contributed by atoms with Crippen LogP contribution in [0.3, 0.4) is 0 Å². The van der Waals surface area contributed by atoms with Gasteiger partial charge in [-0.2, -0.15) is 0 Å². The molecule has 0 bridgehead atoms. The third-order valence-electron chi connectivity index (χ3n) is 3.27. The number of anilines is 1. The molecule has 3 rings (SSSR count). The van der Waals surface area contributed by atoms with Crippen LogP contribution in [-0.2, 0) is 22.8 Å². The fourth-order valence-corrected chi connectivity index (χ4v) is 3.40. The van der Waals surface area contributed by atoms with Gasteiger partial charge in [-0.25, -0.2) is 17.8 Å². The Hall–Kier alpha value is -2.41. The van der Waals surface area contributed by atoms with Crippen molar-refractivity contribution in [3.63, 3.8) is 0 Å². The lowest BCUT2D eigenvalue weighted by molar-refractivity contribution is 0.600. The van der Waals surface area contributed by atoms with E-state index in [0.717, 1.165) is 5.52 Å². The Balaban J connectivity index is 1.81. The molecule has 0 fully saturated rings. The van der Waals surface area contributed by atoms with Gasteiger partial charge >= 0.3 is 0 Å². The van der Waals surface area contributed by atoms with Crippen LogP contribution in [0.5, 0.6) is 0 Å². The van der Waals surface area contributed by atoms with E-state index in [9.17, 15) is 12.8 Å². The summed E-state index contributed by atoms with van der Waals surface area (Å²) in [4.78, 5) is 4.19. The maximum absolute atomic E-state index is 12.8. The van der Waals surface area contributed by atoms with Gasteiger partial charge in [-0.1, -0.05) is 12.1 Å². The number of imidazole rings is 1. The molecule has 0 amide bonds. The predicted molar refractivity (Wildman–Crippen MR) is 83.4 cm³/mol. The summed E-state index contributed by atoms with van der Waals surface area (Å²) < 4.78 is 41.5. The summed E-state index contributed by atoms with van der Waals surface area (Å²) in [6, 6.07) is 10.6. The summed E-state index contributed by atoms with van der Waals surface area (Å²) in [5.74, 6) is -0.609. The van der Waals surface area contributed by atoms with Crippen LogP contribution >= 0.6 is 0 Å². The van der Waals surface area contributed by atoms with Gasteiger partial charge in [0.05, 0.1) is 28.8 Å². The number of nitrogens with one attached hydrogen (secondary N) is 1. The summed E-state index contributed by atoms with van der Waals surface area (Å²) in [6.07, 6.45) is 1.67. The lowest BCUT2D eigenvalue weighted by Crippen LogP contribution is -2.15. The van der Waals surface area contributed by atoms with Crippen molar-refractivity contribution in [1.82, 2.24) is 9.55 Å². The lowest BCUT2D eigenvalue weighted by atomic mass is 10.2. The molecule has 0 unspecified atom stereocenters. The highest BCUT2D eigenvalue weighted by atomic mass is 32.2. The molecule has 0 aliphatic rings. The van der Waals surface area contributed by atoms with Crippen LogP contribution in [0, 0.1) is 5.82 Å². The topological polar surface area (TPSA) is 64.0 Å². The zero-order valence-electron chi connectivity index (χ0n) is 11.8. The van der Waals surface area contributed by atoms with Crippen molar-refractivity contribution >= 4 is 26.7 Å². The molecule has 1 heterocycles. The molecule has 1 aromatic heterocycles. The van der Waals surface area contributed by atoms with Crippen molar-refractivity contribution in [3.8, 4) is 0 Å². The standard InChI is InChI=1S/C15H14FN3O2S/c1-19-10-17-14-8-13(6-7-15(14)19)18-22(20,21)9-11-2-4-12(16)5-3-11/h2-8,10,18H,9H2,1H3. The molecule has 0 saturated heterocycles. The van der Waals surface area contributed by atoms with E-state index in [-0.39, 0.29) is 5.75 Å². The number of nitrogens with zero attached hydrogens (tertiary/aromatic N) is 2.